The lowest BCUT2D eigenvalue weighted by Crippen LogP contribution is -2.23. The molecule has 0 fully saturated rings. The molecule has 0 unspecified atom stereocenters. The van der Waals surface area contributed by atoms with Gasteiger partial charge in [0.1, 0.15) is 0 Å². The summed E-state index contributed by atoms with van der Waals surface area (Å²) in [6.45, 7) is -0.136. The van der Waals surface area contributed by atoms with Crippen molar-refractivity contribution in [2.75, 3.05) is 5.73 Å². The predicted octanol–water partition coefficient (Wildman–Crippen LogP) is 1.15. The molecule has 0 aliphatic heterocycles. The third-order valence-corrected chi connectivity index (χ3v) is 2.24. The molecule has 0 amide bonds. The maximum atomic E-state index is 13.4. The number of anilines is 1. The van der Waals surface area contributed by atoms with Crippen molar-refractivity contribution in [3.8, 4) is 0 Å². The summed E-state index contributed by atoms with van der Waals surface area (Å²) in [5, 5.41) is 3.73. The highest BCUT2D eigenvalue weighted by Gasteiger charge is 2.09. The number of rotatable bonds is 2. The highest BCUT2D eigenvalue weighted by atomic mass is 19.2. The second-order valence-corrected chi connectivity index (χ2v) is 3.50. The van der Waals surface area contributed by atoms with E-state index in [0.29, 0.717) is 0 Å². The molecule has 2 N–H and O–H groups in total. The van der Waals surface area contributed by atoms with E-state index in [-0.39, 0.29) is 17.8 Å². The first-order valence-electron chi connectivity index (χ1n) is 4.83. The van der Waals surface area contributed by atoms with Crippen LogP contribution in [-0.2, 0) is 6.54 Å². The van der Waals surface area contributed by atoms with Crippen LogP contribution in [0.4, 0.5) is 14.5 Å². The molecule has 2 aromatic rings. The second kappa shape index (κ2) is 4.32. The van der Waals surface area contributed by atoms with Crippen molar-refractivity contribution in [1.29, 1.82) is 0 Å². The third kappa shape index (κ3) is 2.30. The summed E-state index contributed by atoms with van der Waals surface area (Å²) in [5.41, 5.74) is 5.19. The van der Waals surface area contributed by atoms with Crippen LogP contribution in [0.3, 0.4) is 0 Å². The number of nitrogen functional groups attached to an aromatic ring is 1. The van der Waals surface area contributed by atoms with Crippen LogP contribution < -0.4 is 11.3 Å². The first-order chi connectivity index (χ1) is 8.08. The third-order valence-electron chi connectivity index (χ3n) is 2.24. The Kier molecular flexibility index (Phi) is 2.86. The molecule has 0 aliphatic carbocycles. The number of halogens is 2. The number of nitrogens with two attached hydrogens (primary N) is 1. The van der Waals surface area contributed by atoms with Crippen molar-refractivity contribution in [2.45, 2.75) is 6.54 Å². The molecule has 1 aromatic heterocycles. The molecule has 4 nitrogen and oxygen atoms in total. The Balaban J connectivity index is 2.38. The molecule has 2 rings (SSSR count). The van der Waals surface area contributed by atoms with E-state index in [9.17, 15) is 13.6 Å². The van der Waals surface area contributed by atoms with Gasteiger partial charge in [0.15, 0.2) is 11.6 Å². The molecule has 0 atom stereocenters. The molecule has 88 valence electrons. The average molecular weight is 237 g/mol. The van der Waals surface area contributed by atoms with E-state index in [0.717, 1.165) is 10.7 Å². The maximum absolute atomic E-state index is 13.4. The lowest BCUT2D eigenvalue weighted by atomic mass is 10.2. The van der Waals surface area contributed by atoms with E-state index < -0.39 is 17.2 Å². The standard InChI is InChI=1S/C11H9F2N3O/c12-9-3-1-2-7(11(9)13)6-16-10(17)4-8(14)5-15-16/h1-5H,6,14H2. The van der Waals surface area contributed by atoms with Crippen LogP contribution in [0.25, 0.3) is 0 Å². The van der Waals surface area contributed by atoms with E-state index >= 15 is 0 Å². The molecule has 0 radical (unpaired) electrons. The zero-order chi connectivity index (χ0) is 12.4. The fourth-order valence-electron chi connectivity index (χ4n) is 1.40. The summed E-state index contributed by atoms with van der Waals surface area (Å²) < 4.78 is 27.3. The molecule has 1 heterocycles. The molecule has 0 aliphatic rings. The Bertz CT molecular complexity index is 610. The lowest BCUT2D eigenvalue weighted by molar-refractivity contribution is 0.489. The molecular weight excluding hydrogens is 228 g/mol. The summed E-state index contributed by atoms with van der Waals surface area (Å²) in [4.78, 5) is 11.4. The summed E-state index contributed by atoms with van der Waals surface area (Å²) in [5.74, 6) is -1.93. The van der Waals surface area contributed by atoms with Crippen molar-refractivity contribution >= 4 is 5.69 Å². The smallest absolute Gasteiger partial charge is 0.269 e. The van der Waals surface area contributed by atoms with Crippen molar-refractivity contribution in [3.05, 3.63) is 58.0 Å². The van der Waals surface area contributed by atoms with E-state index in [1.54, 1.807) is 0 Å². The van der Waals surface area contributed by atoms with Crippen molar-refractivity contribution in [2.24, 2.45) is 0 Å². The topological polar surface area (TPSA) is 60.9 Å². The van der Waals surface area contributed by atoms with Gasteiger partial charge in [0.25, 0.3) is 5.56 Å². The van der Waals surface area contributed by atoms with Crippen LogP contribution in [-0.4, -0.2) is 9.78 Å². The van der Waals surface area contributed by atoms with Gasteiger partial charge in [0, 0.05) is 11.6 Å². The van der Waals surface area contributed by atoms with E-state index in [1.807, 2.05) is 0 Å². The van der Waals surface area contributed by atoms with Crippen LogP contribution in [0.5, 0.6) is 0 Å². The Morgan fingerprint density at radius 1 is 1.35 bits per heavy atom. The SMILES string of the molecule is Nc1cnn(Cc2cccc(F)c2F)c(=O)c1. The molecule has 17 heavy (non-hydrogen) atoms. The van der Waals surface area contributed by atoms with Gasteiger partial charge >= 0.3 is 0 Å². The highest BCUT2D eigenvalue weighted by Crippen LogP contribution is 2.11. The Morgan fingerprint density at radius 2 is 2.12 bits per heavy atom. The largest absolute Gasteiger partial charge is 0.397 e. The van der Waals surface area contributed by atoms with Crippen LogP contribution >= 0.6 is 0 Å². The minimum Gasteiger partial charge on any atom is -0.397 e. The van der Waals surface area contributed by atoms with Crippen molar-refractivity contribution < 1.29 is 8.78 Å². The first-order valence-corrected chi connectivity index (χ1v) is 4.83. The summed E-state index contributed by atoms with van der Waals surface area (Å²) >= 11 is 0. The molecule has 0 bridgehead atoms. The van der Waals surface area contributed by atoms with E-state index in [4.69, 9.17) is 5.73 Å². The van der Waals surface area contributed by atoms with Gasteiger partial charge in [-0.05, 0) is 6.07 Å². The Labute approximate surface area is 95.3 Å². The molecule has 0 spiro atoms. The van der Waals surface area contributed by atoms with E-state index in [1.165, 1.54) is 24.4 Å². The molecule has 6 heteroatoms. The van der Waals surface area contributed by atoms with Crippen LogP contribution in [0, 0.1) is 11.6 Å². The zero-order valence-corrected chi connectivity index (χ0v) is 8.73. The normalized spacial score (nSPS) is 10.5. The van der Waals surface area contributed by atoms with Gasteiger partial charge in [0.2, 0.25) is 0 Å². The number of hydrogen-bond donors (Lipinski definition) is 1. The highest BCUT2D eigenvalue weighted by molar-refractivity contribution is 5.31. The summed E-state index contributed by atoms with van der Waals surface area (Å²) in [6.07, 6.45) is 1.28. The molecule has 0 saturated carbocycles. The quantitative estimate of drug-likeness (QED) is 0.852. The number of benzene rings is 1. The summed E-state index contributed by atoms with van der Waals surface area (Å²) in [7, 11) is 0. The van der Waals surface area contributed by atoms with Crippen molar-refractivity contribution in [1.82, 2.24) is 9.78 Å². The molecule has 1 aromatic carbocycles. The van der Waals surface area contributed by atoms with Gasteiger partial charge in [-0.3, -0.25) is 4.79 Å². The van der Waals surface area contributed by atoms with Crippen molar-refractivity contribution in [3.63, 3.8) is 0 Å². The minimum atomic E-state index is -0.974. The predicted molar refractivity (Wildman–Crippen MR) is 58.4 cm³/mol. The fourth-order valence-corrected chi connectivity index (χ4v) is 1.40. The fraction of sp³-hybridized carbons (Fsp3) is 0.0909. The Hall–Kier alpha value is -2.24. The first kappa shape index (κ1) is 11.3. The molecule has 0 saturated heterocycles. The van der Waals surface area contributed by atoms with Gasteiger partial charge < -0.3 is 5.73 Å². The lowest BCUT2D eigenvalue weighted by Gasteiger charge is -2.06. The minimum absolute atomic E-state index is 0.0596. The Morgan fingerprint density at radius 3 is 2.82 bits per heavy atom. The van der Waals surface area contributed by atoms with Gasteiger partial charge in [-0.25, -0.2) is 13.5 Å². The second-order valence-electron chi connectivity index (χ2n) is 3.50. The van der Waals surface area contributed by atoms with Crippen LogP contribution in [0.2, 0.25) is 0 Å². The summed E-state index contributed by atoms with van der Waals surface area (Å²) in [6, 6.07) is 4.95. The van der Waals surface area contributed by atoms with Gasteiger partial charge in [-0.2, -0.15) is 5.10 Å². The maximum Gasteiger partial charge on any atom is 0.269 e. The number of nitrogens with zero attached hydrogens (tertiary/aromatic N) is 2. The number of hydrogen-bond acceptors (Lipinski definition) is 3. The average Bonchev–Trinajstić information content (AvgIpc) is 2.28. The van der Waals surface area contributed by atoms with Gasteiger partial charge in [0.05, 0.1) is 18.4 Å². The molecular formula is C11H9F2N3O. The zero-order valence-electron chi connectivity index (χ0n) is 8.73. The van der Waals surface area contributed by atoms with Gasteiger partial charge in [-0.1, -0.05) is 12.1 Å². The monoisotopic (exact) mass is 237 g/mol. The number of aromatic nitrogens is 2. The van der Waals surface area contributed by atoms with Gasteiger partial charge in [-0.15, -0.1) is 0 Å². The van der Waals surface area contributed by atoms with Crippen LogP contribution in [0.1, 0.15) is 5.56 Å². The van der Waals surface area contributed by atoms with Crippen LogP contribution in [0.15, 0.2) is 35.3 Å². The van der Waals surface area contributed by atoms with E-state index in [2.05, 4.69) is 5.10 Å².